The topological polar surface area (TPSA) is 86.7 Å². The first kappa shape index (κ1) is 30.3. The molecule has 1 fully saturated rings. The van der Waals surface area contributed by atoms with Crippen LogP contribution in [0.3, 0.4) is 0 Å². The average molecular weight is 480 g/mol. The summed E-state index contributed by atoms with van der Waals surface area (Å²) in [6, 6.07) is 0. The lowest BCUT2D eigenvalue weighted by atomic mass is 9.79. The molecule has 0 saturated heterocycles. The van der Waals surface area contributed by atoms with Crippen molar-refractivity contribution in [2.24, 2.45) is 11.8 Å². The van der Waals surface area contributed by atoms with Gasteiger partial charge in [0.15, 0.2) is 0 Å². The van der Waals surface area contributed by atoms with E-state index < -0.39 is 35.7 Å². The van der Waals surface area contributed by atoms with Crippen LogP contribution in [-0.2, 0) is 28.7 Å². The summed E-state index contributed by atoms with van der Waals surface area (Å²) >= 11 is 0. The number of carbonyl (C=O) groups is 4. The molecule has 0 amide bonds. The second kappa shape index (κ2) is 19.6. The molecule has 2 unspecified atom stereocenters. The number of hydrogen-bond acceptors (Lipinski definition) is 6. The van der Waals surface area contributed by atoms with E-state index in [-0.39, 0.29) is 12.8 Å². The molecule has 0 bridgehead atoms. The first-order valence-corrected chi connectivity index (χ1v) is 13.8. The predicted molar refractivity (Wildman–Crippen MR) is 133 cm³/mol. The van der Waals surface area contributed by atoms with Gasteiger partial charge in [0, 0.05) is 12.8 Å². The number of carbonyl (C=O) groups excluding carboxylic acids is 4. The Labute approximate surface area is 206 Å². The van der Waals surface area contributed by atoms with Gasteiger partial charge < -0.3 is 9.47 Å². The third-order valence-corrected chi connectivity index (χ3v) is 6.59. The molecule has 0 aromatic rings. The molecule has 0 aromatic carbocycles. The molecule has 1 saturated carbocycles. The van der Waals surface area contributed by atoms with Gasteiger partial charge in [0.1, 0.15) is 0 Å². The van der Waals surface area contributed by atoms with Crippen LogP contribution in [0.15, 0.2) is 0 Å². The normalized spacial score (nSPS) is 17.8. The van der Waals surface area contributed by atoms with Crippen molar-refractivity contribution in [2.45, 2.75) is 136 Å². The van der Waals surface area contributed by atoms with Gasteiger partial charge in [-0.1, -0.05) is 90.9 Å². The standard InChI is InChI=1S/C28H47O6/c1-3-5-7-9-11-13-15-21-25(29)33-27(31)23-19-17-18-20-24(23)28(32)34-26(30)22-16-14-12-10-8-6-4-2/h17,23-24H,3-16,18-22H2,1-2H3. The highest BCUT2D eigenvalue weighted by Crippen LogP contribution is 2.32. The summed E-state index contributed by atoms with van der Waals surface area (Å²) in [7, 11) is 0. The van der Waals surface area contributed by atoms with E-state index in [4.69, 9.17) is 9.47 Å². The molecule has 0 heterocycles. The second-order valence-corrected chi connectivity index (χ2v) is 9.64. The highest BCUT2D eigenvalue weighted by molar-refractivity contribution is 5.92. The van der Waals surface area contributed by atoms with E-state index in [1.54, 1.807) is 0 Å². The molecule has 2 atom stereocenters. The van der Waals surface area contributed by atoms with Crippen LogP contribution >= 0.6 is 0 Å². The Bertz CT molecular complexity index is 548. The van der Waals surface area contributed by atoms with Crippen LogP contribution in [0.5, 0.6) is 0 Å². The molecule has 34 heavy (non-hydrogen) atoms. The van der Waals surface area contributed by atoms with Crippen molar-refractivity contribution in [3.63, 3.8) is 0 Å². The van der Waals surface area contributed by atoms with E-state index in [1.807, 2.05) is 6.42 Å². The summed E-state index contributed by atoms with van der Waals surface area (Å²) in [6.45, 7) is 4.35. The van der Waals surface area contributed by atoms with Gasteiger partial charge in [0.05, 0.1) is 11.8 Å². The van der Waals surface area contributed by atoms with Crippen LogP contribution in [0.2, 0.25) is 0 Å². The van der Waals surface area contributed by atoms with E-state index >= 15 is 0 Å². The molecule has 6 heteroatoms. The summed E-state index contributed by atoms with van der Waals surface area (Å²) in [4.78, 5) is 49.4. The van der Waals surface area contributed by atoms with Crippen molar-refractivity contribution in [2.75, 3.05) is 0 Å². The molecular weight excluding hydrogens is 432 g/mol. The molecule has 0 aliphatic heterocycles. The molecule has 195 valence electrons. The fourth-order valence-electron chi connectivity index (χ4n) is 4.43. The predicted octanol–water partition coefficient (Wildman–Crippen LogP) is 7.03. The van der Waals surface area contributed by atoms with Crippen LogP contribution in [0.4, 0.5) is 0 Å². The van der Waals surface area contributed by atoms with Crippen molar-refractivity contribution in [1.29, 1.82) is 0 Å². The summed E-state index contributed by atoms with van der Waals surface area (Å²) in [5.74, 6) is -3.90. The van der Waals surface area contributed by atoms with E-state index in [1.165, 1.54) is 51.4 Å². The Kier molecular flexibility index (Phi) is 17.4. The summed E-state index contributed by atoms with van der Waals surface area (Å²) < 4.78 is 10.1. The molecule has 0 spiro atoms. The molecule has 1 rings (SSSR count). The maximum atomic E-state index is 12.6. The lowest BCUT2D eigenvalue weighted by Crippen LogP contribution is -2.36. The summed E-state index contributed by atoms with van der Waals surface area (Å²) in [6.07, 6.45) is 18.9. The molecule has 1 radical (unpaired) electrons. The lowest BCUT2D eigenvalue weighted by Gasteiger charge is -2.27. The van der Waals surface area contributed by atoms with Crippen LogP contribution in [0.1, 0.15) is 136 Å². The van der Waals surface area contributed by atoms with Gasteiger partial charge in [-0.2, -0.15) is 0 Å². The Morgan fingerprint density at radius 3 is 1.50 bits per heavy atom. The van der Waals surface area contributed by atoms with Crippen LogP contribution in [0, 0.1) is 18.3 Å². The fourth-order valence-corrected chi connectivity index (χ4v) is 4.43. The van der Waals surface area contributed by atoms with Gasteiger partial charge in [-0.25, -0.2) is 0 Å². The summed E-state index contributed by atoms with van der Waals surface area (Å²) in [5.41, 5.74) is 0. The molecule has 1 aliphatic rings. The zero-order valence-electron chi connectivity index (χ0n) is 21.6. The maximum absolute atomic E-state index is 12.6. The first-order chi connectivity index (χ1) is 16.5. The van der Waals surface area contributed by atoms with Crippen molar-refractivity contribution in [1.82, 2.24) is 0 Å². The quantitative estimate of drug-likeness (QED) is 0.119. The Morgan fingerprint density at radius 1 is 0.618 bits per heavy atom. The van der Waals surface area contributed by atoms with Gasteiger partial charge in [-0.05, 0) is 38.5 Å². The second-order valence-electron chi connectivity index (χ2n) is 9.64. The van der Waals surface area contributed by atoms with E-state index in [0.29, 0.717) is 32.1 Å². The van der Waals surface area contributed by atoms with Crippen molar-refractivity contribution >= 4 is 23.9 Å². The smallest absolute Gasteiger partial charge is 0.317 e. The average Bonchev–Trinajstić information content (AvgIpc) is 2.82. The van der Waals surface area contributed by atoms with Gasteiger partial charge in [0.25, 0.3) is 0 Å². The Balaban J connectivity index is 2.32. The van der Waals surface area contributed by atoms with Gasteiger partial charge >= 0.3 is 23.9 Å². The minimum atomic E-state index is -0.759. The van der Waals surface area contributed by atoms with Gasteiger partial charge in [-0.15, -0.1) is 0 Å². The largest absolute Gasteiger partial charge is 0.393 e. The highest BCUT2D eigenvalue weighted by Gasteiger charge is 2.39. The first-order valence-electron chi connectivity index (χ1n) is 13.8. The summed E-state index contributed by atoms with van der Waals surface area (Å²) in [5, 5.41) is 0. The van der Waals surface area contributed by atoms with E-state index in [9.17, 15) is 19.2 Å². The number of rotatable bonds is 18. The molecule has 1 aliphatic carbocycles. The highest BCUT2D eigenvalue weighted by atomic mass is 16.6. The van der Waals surface area contributed by atoms with Gasteiger partial charge in [0.2, 0.25) is 0 Å². The zero-order chi connectivity index (χ0) is 25.0. The van der Waals surface area contributed by atoms with E-state index in [2.05, 4.69) is 13.8 Å². The number of esters is 4. The van der Waals surface area contributed by atoms with Crippen molar-refractivity contribution in [3.05, 3.63) is 6.42 Å². The maximum Gasteiger partial charge on any atom is 0.317 e. The van der Waals surface area contributed by atoms with Crippen LogP contribution < -0.4 is 0 Å². The Hall–Kier alpha value is -1.72. The molecule has 0 N–H and O–H groups in total. The van der Waals surface area contributed by atoms with Gasteiger partial charge in [-0.3, -0.25) is 19.2 Å². The molecule has 0 aromatic heterocycles. The van der Waals surface area contributed by atoms with Crippen LogP contribution in [-0.4, -0.2) is 23.9 Å². The minimum Gasteiger partial charge on any atom is -0.393 e. The SMILES string of the molecule is CCCCCCCCCC(=O)OC(=O)C1C[CH]CCC1C(=O)OC(=O)CCCCCCCCC. The third kappa shape index (κ3) is 13.9. The molecule has 6 nitrogen and oxygen atoms in total. The third-order valence-electron chi connectivity index (χ3n) is 6.59. The Morgan fingerprint density at radius 2 is 1.03 bits per heavy atom. The lowest BCUT2D eigenvalue weighted by molar-refractivity contribution is -0.173. The van der Waals surface area contributed by atoms with E-state index in [0.717, 1.165) is 25.7 Å². The fraction of sp³-hybridized carbons (Fsp3) is 0.821. The monoisotopic (exact) mass is 479 g/mol. The number of ether oxygens (including phenoxy) is 2. The zero-order valence-corrected chi connectivity index (χ0v) is 21.6. The van der Waals surface area contributed by atoms with Crippen LogP contribution in [0.25, 0.3) is 0 Å². The van der Waals surface area contributed by atoms with Crippen molar-refractivity contribution < 1.29 is 28.7 Å². The number of hydrogen-bond donors (Lipinski definition) is 0. The van der Waals surface area contributed by atoms with Crippen molar-refractivity contribution in [3.8, 4) is 0 Å². The molecular formula is C28H47O6. The minimum absolute atomic E-state index is 0.210. The number of unbranched alkanes of at least 4 members (excludes halogenated alkanes) is 12.